The van der Waals surface area contributed by atoms with E-state index in [0.29, 0.717) is 0 Å². The van der Waals surface area contributed by atoms with Crippen LogP contribution in [0.3, 0.4) is 0 Å². The highest BCUT2D eigenvalue weighted by molar-refractivity contribution is 7.15. The number of anilines is 1. The molecular formula is C9H14N4S. The summed E-state index contributed by atoms with van der Waals surface area (Å²) in [5.41, 5.74) is 1.46. The molecule has 4 nitrogen and oxygen atoms in total. The van der Waals surface area contributed by atoms with Gasteiger partial charge in [0, 0.05) is 13.1 Å². The molecule has 0 radical (unpaired) electrons. The number of nitrogens with zero attached hydrogens (tertiary/aromatic N) is 2. The molecule has 0 spiro atoms. The van der Waals surface area contributed by atoms with E-state index >= 15 is 0 Å². The number of rotatable bonds is 3. The third-order valence-corrected chi connectivity index (χ3v) is 2.95. The van der Waals surface area contributed by atoms with E-state index in [1.807, 2.05) is 6.92 Å². The van der Waals surface area contributed by atoms with Crippen molar-refractivity contribution in [1.82, 2.24) is 15.5 Å². The average Bonchev–Trinajstić information content (AvgIpc) is 2.63. The molecule has 1 aromatic heterocycles. The van der Waals surface area contributed by atoms with Gasteiger partial charge in [0.2, 0.25) is 5.13 Å². The van der Waals surface area contributed by atoms with Crippen molar-refractivity contribution in [2.75, 3.05) is 25.0 Å². The SMILES string of the molecule is Cc1nnc(NCC2=CCNCC2)s1. The maximum Gasteiger partial charge on any atom is 0.205 e. The second-order valence-corrected chi connectivity index (χ2v) is 4.48. The van der Waals surface area contributed by atoms with Crippen LogP contribution in [0.15, 0.2) is 11.6 Å². The summed E-state index contributed by atoms with van der Waals surface area (Å²) in [6.07, 6.45) is 3.37. The van der Waals surface area contributed by atoms with E-state index in [1.165, 1.54) is 5.57 Å². The fraction of sp³-hybridized carbons (Fsp3) is 0.556. The zero-order chi connectivity index (χ0) is 9.80. The van der Waals surface area contributed by atoms with Gasteiger partial charge in [0.25, 0.3) is 0 Å². The van der Waals surface area contributed by atoms with Crippen molar-refractivity contribution in [2.45, 2.75) is 13.3 Å². The largest absolute Gasteiger partial charge is 0.356 e. The third-order valence-electron chi connectivity index (χ3n) is 2.15. The molecule has 2 N–H and O–H groups in total. The van der Waals surface area contributed by atoms with Gasteiger partial charge in [0.05, 0.1) is 0 Å². The number of hydrogen-bond acceptors (Lipinski definition) is 5. The maximum atomic E-state index is 4.01. The minimum Gasteiger partial charge on any atom is -0.356 e. The molecular weight excluding hydrogens is 196 g/mol. The zero-order valence-corrected chi connectivity index (χ0v) is 9.02. The van der Waals surface area contributed by atoms with Gasteiger partial charge in [-0.05, 0) is 19.9 Å². The monoisotopic (exact) mass is 210 g/mol. The lowest BCUT2D eigenvalue weighted by atomic mass is 10.1. The molecule has 0 bridgehead atoms. The van der Waals surface area contributed by atoms with Crippen LogP contribution in [0.5, 0.6) is 0 Å². The number of nitrogens with one attached hydrogen (secondary N) is 2. The number of aromatic nitrogens is 2. The normalized spacial score (nSPS) is 16.5. The summed E-state index contributed by atoms with van der Waals surface area (Å²) in [6.45, 7) is 4.94. The van der Waals surface area contributed by atoms with Gasteiger partial charge in [-0.3, -0.25) is 0 Å². The highest BCUT2D eigenvalue weighted by Crippen LogP contribution is 2.14. The summed E-state index contributed by atoms with van der Waals surface area (Å²) >= 11 is 1.60. The van der Waals surface area contributed by atoms with Gasteiger partial charge >= 0.3 is 0 Å². The molecule has 2 heterocycles. The minimum atomic E-state index is 0.899. The first kappa shape index (κ1) is 9.61. The topological polar surface area (TPSA) is 49.8 Å². The summed E-state index contributed by atoms with van der Waals surface area (Å²) in [4.78, 5) is 0. The highest BCUT2D eigenvalue weighted by atomic mass is 32.1. The summed E-state index contributed by atoms with van der Waals surface area (Å²) in [5, 5.41) is 16.5. The van der Waals surface area contributed by atoms with Crippen LogP contribution in [0.4, 0.5) is 5.13 Å². The van der Waals surface area contributed by atoms with E-state index in [2.05, 4.69) is 26.9 Å². The summed E-state index contributed by atoms with van der Waals surface area (Å²) < 4.78 is 0. The van der Waals surface area contributed by atoms with Crippen LogP contribution in [0.25, 0.3) is 0 Å². The van der Waals surface area contributed by atoms with E-state index in [4.69, 9.17) is 0 Å². The fourth-order valence-corrected chi connectivity index (χ4v) is 1.97. The Morgan fingerprint density at radius 3 is 3.14 bits per heavy atom. The Morgan fingerprint density at radius 1 is 1.57 bits per heavy atom. The lowest BCUT2D eigenvalue weighted by Crippen LogP contribution is -2.23. The Labute approximate surface area is 87.4 Å². The van der Waals surface area contributed by atoms with Crippen LogP contribution in [0.1, 0.15) is 11.4 Å². The molecule has 0 unspecified atom stereocenters. The lowest BCUT2D eigenvalue weighted by molar-refractivity contribution is 0.698. The van der Waals surface area contributed by atoms with Crippen molar-refractivity contribution in [2.24, 2.45) is 0 Å². The van der Waals surface area contributed by atoms with Crippen LogP contribution in [-0.2, 0) is 0 Å². The summed E-state index contributed by atoms with van der Waals surface area (Å²) in [5.74, 6) is 0. The molecule has 0 fully saturated rings. The zero-order valence-electron chi connectivity index (χ0n) is 8.21. The second kappa shape index (κ2) is 4.52. The van der Waals surface area contributed by atoms with Crippen molar-refractivity contribution in [3.05, 3.63) is 16.7 Å². The van der Waals surface area contributed by atoms with Gasteiger partial charge in [-0.2, -0.15) is 0 Å². The van der Waals surface area contributed by atoms with Crippen LogP contribution < -0.4 is 10.6 Å². The Bertz CT molecular complexity index is 331. The average molecular weight is 210 g/mol. The molecule has 0 saturated carbocycles. The second-order valence-electron chi connectivity index (χ2n) is 3.30. The third kappa shape index (κ3) is 2.52. The van der Waals surface area contributed by atoms with Crippen LogP contribution in [0.2, 0.25) is 0 Å². The molecule has 0 saturated heterocycles. The predicted molar refractivity (Wildman–Crippen MR) is 58.7 cm³/mol. The first-order valence-corrected chi connectivity index (χ1v) is 5.59. The Balaban J connectivity index is 1.84. The quantitative estimate of drug-likeness (QED) is 0.736. The van der Waals surface area contributed by atoms with Gasteiger partial charge in [0.1, 0.15) is 5.01 Å². The number of aryl methyl sites for hydroxylation is 1. The molecule has 14 heavy (non-hydrogen) atoms. The Kier molecular flexibility index (Phi) is 3.10. The van der Waals surface area contributed by atoms with Crippen molar-refractivity contribution in [3.8, 4) is 0 Å². The molecule has 1 aliphatic heterocycles. The molecule has 0 aliphatic carbocycles. The molecule has 0 aromatic carbocycles. The van der Waals surface area contributed by atoms with Crippen LogP contribution in [-0.4, -0.2) is 29.8 Å². The molecule has 1 aromatic rings. The lowest BCUT2D eigenvalue weighted by Gasteiger charge is -2.13. The summed E-state index contributed by atoms with van der Waals surface area (Å²) in [6, 6.07) is 0. The minimum absolute atomic E-state index is 0.899. The van der Waals surface area contributed by atoms with Crippen molar-refractivity contribution in [3.63, 3.8) is 0 Å². The number of hydrogen-bond donors (Lipinski definition) is 2. The smallest absolute Gasteiger partial charge is 0.205 e. The molecule has 0 amide bonds. The Morgan fingerprint density at radius 2 is 2.50 bits per heavy atom. The van der Waals surface area contributed by atoms with Gasteiger partial charge in [-0.25, -0.2) is 0 Å². The van der Waals surface area contributed by atoms with Crippen molar-refractivity contribution < 1.29 is 0 Å². The molecule has 2 rings (SSSR count). The molecule has 76 valence electrons. The van der Waals surface area contributed by atoms with E-state index < -0.39 is 0 Å². The first-order chi connectivity index (χ1) is 6.84. The van der Waals surface area contributed by atoms with Crippen LogP contribution in [0, 0.1) is 6.92 Å². The van der Waals surface area contributed by atoms with Crippen molar-refractivity contribution in [1.29, 1.82) is 0 Å². The molecule has 1 aliphatic rings. The standard InChI is InChI=1S/C9H14N4S/c1-7-12-13-9(14-7)11-6-8-2-4-10-5-3-8/h2,10H,3-6H2,1H3,(H,11,13). The maximum absolute atomic E-state index is 4.01. The molecule has 0 atom stereocenters. The van der Waals surface area contributed by atoms with Gasteiger partial charge in [-0.1, -0.05) is 23.0 Å². The predicted octanol–water partition coefficient (Wildman–Crippen LogP) is 1.18. The van der Waals surface area contributed by atoms with Gasteiger partial charge < -0.3 is 10.6 Å². The van der Waals surface area contributed by atoms with Gasteiger partial charge in [-0.15, -0.1) is 10.2 Å². The summed E-state index contributed by atoms with van der Waals surface area (Å²) in [7, 11) is 0. The highest BCUT2D eigenvalue weighted by Gasteiger charge is 2.04. The Hall–Kier alpha value is -0.940. The van der Waals surface area contributed by atoms with Crippen molar-refractivity contribution >= 4 is 16.5 Å². The van der Waals surface area contributed by atoms with E-state index in [1.54, 1.807) is 11.3 Å². The van der Waals surface area contributed by atoms with E-state index in [-0.39, 0.29) is 0 Å². The van der Waals surface area contributed by atoms with Gasteiger partial charge in [0.15, 0.2) is 0 Å². The molecule has 5 heteroatoms. The fourth-order valence-electron chi connectivity index (χ4n) is 1.39. The first-order valence-electron chi connectivity index (χ1n) is 4.77. The van der Waals surface area contributed by atoms with E-state index in [0.717, 1.165) is 36.2 Å². The van der Waals surface area contributed by atoms with Crippen LogP contribution >= 0.6 is 11.3 Å². The van der Waals surface area contributed by atoms with E-state index in [9.17, 15) is 0 Å².